The number of nitrogens with zero attached hydrogens (tertiary/aromatic N) is 4. The summed E-state index contributed by atoms with van der Waals surface area (Å²) < 4.78 is 55.5. The first-order valence-corrected chi connectivity index (χ1v) is 18.9. The molecule has 288 valence electrons. The fourth-order valence-corrected chi connectivity index (χ4v) is 8.65. The van der Waals surface area contributed by atoms with Crippen LogP contribution in [0.25, 0.3) is 10.4 Å². The number of thiophene rings is 1. The Hall–Kier alpha value is -5.89. The highest BCUT2D eigenvalue weighted by Gasteiger charge is 2.43. The van der Waals surface area contributed by atoms with Crippen LogP contribution in [0.5, 0.6) is 0 Å². The lowest BCUT2D eigenvalue weighted by molar-refractivity contribution is -0.141. The summed E-state index contributed by atoms with van der Waals surface area (Å²) >= 11 is 0.856. The van der Waals surface area contributed by atoms with Crippen molar-refractivity contribution in [3.63, 3.8) is 0 Å². The van der Waals surface area contributed by atoms with Gasteiger partial charge in [0.2, 0.25) is 0 Å². The predicted octanol–water partition coefficient (Wildman–Crippen LogP) is 9.56. The molecule has 0 spiro atoms. The van der Waals surface area contributed by atoms with E-state index >= 15 is 4.39 Å². The lowest BCUT2D eigenvalue weighted by atomic mass is 9.73. The summed E-state index contributed by atoms with van der Waals surface area (Å²) in [6.07, 6.45) is 2.08. The van der Waals surface area contributed by atoms with Gasteiger partial charge in [0.05, 0.1) is 11.3 Å². The van der Waals surface area contributed by atoms with Crippen LogP contribution in [0.4, 0.5) is 40.6 Å². The van der Waals surface area contributed by atoms with Crippen LogP contribution < -0.4 is 20.4 Å². The Morgan fingerprint density at radius 1 is 1.00 bits per heavy atom. The van der Waals surface area contributed by atoms with E-state index in [1.807, 2.05) is 19.1 Å². The van der Waals surface area contributed by atoms with Crippen molar-refractivity contribution in [1.82, 2.24) is 9.97 Å². The van der Waals surface area contributed by atoms with Crippen LogP contribution in [0, 0.1) is 18.2 Å². The molecule has 0 bridgehead atoms. The molecule has 9 nitrogen and oxygen atoms in total. The molecule has 0 saturated carbocycles. The molecular weight excluding hydrogens is 745 g/mol. The number of pyridine rings is 2. The van der Waals surface area contributed by atoms with Crippen molar-refractivity contribution in [2.45, 2.75) is 45.7 Å². The van der Waals surface area contributed by atoms with Gasteiger partial charge in [-0.15, -0.1) is 17.9 Å². The third-order valence-electron chi connectivity index (χ3n) is 10.0. The molecule has 56 heavy (non-hydrogen) atoms. The van der Waals surface area contributed by atoms with Gasteiger partial charge in [-0.3, -0.25) is 14.4 Å². The molecule has 2 aliphatic heterocycles. The van der Waals surface area contributed by atoms with Crippen molar-refractivity contribution in [1.29, 1.82) is 0 Å². The first-order valence-electron chi connectivity index (χ1n) is 18.1. The first kappa shape index (κ1) is 38.4. The average molecular weight is 783 g/mol. The molecule has 2 aromatic carbocycles. The van der Waals surface area contributed by atoms with Gasteiger partial charge in [-0.2, -0.15) is 13.2 Å². The Bertz CT molecular complexity index is 2340. The number of anilines is 4. The van der Waals surface area contributed by atoms with E-state index in [-0.39, 0.29) is 46.5 Å². The van der Waals surface area contributed by atoms with Crippen LogP contribution in [-0.4, -0.2) is 47.3 Å². The number of rotatable bonds is 10. The SMILES string of the molecule is C=CCC1(CCC)CN(c2ncc(C)cc2C(=O)Nc2ccc(C(=O)N3CCc4c(sc(C(=O)Nc5cccc(C(F)(F)F)n5)c4F)-c4ccccc43)cc2)C1. The molecule has 2 N–H and O–H groups in total. The highest BCUT2D eigenvalue weighted by molar-refractivity contribution is 7.17. The van der Waals surface area contributed by atoms with Crippen LogP contribution in [0.1, 0.15) is 73.4 Å². The Morgan fingerprint density at radius 3 is 2.46 bits per heavy atom. The Kier molecular flexibility index (Phi) is 10.5. The highest BCUT2D eigenvalue weighted by Crippen LogP contribution is 2.44. The summed E-state index contributed by atoms with van der Waals surface area (Å²) in [4.78, 5) is 52.7. The number of carbonyl (C=O) groups is 3. The van der Waals surface area contributed by atoms with Crippen molar-refractivity contribution in [3.05, 3.63) is 130 Å². The number of fused-ring (bicyclic) bond motifs is 3. The van der Waals surface area contributed by atoms with Gasteiger partial charge < -0.3 is 20.4 Å². The summed E-state index contributed by atoms with van der Waals surface area (Å²) in [6, 6.07) is 18.4. The molecule has 1 fully saturated rings. The third-order valence-corrected chi connectivity index (χ3v) is 11.3. The number of aryl methyl sites for hydroxylation is 1. The second-order valence-electron chi connectivity index (χ2n) is 14.2. The molecule has 14 heteroatoms. The Balaban J connectivity index is 1.07. The minimum Gasteiger partial charge on any atom is -0.355 e. The van der Waals surface area contributed by atoms with E-state index in [1.54, 1.807) is 59.6 Å². The number of alkyl halides is 3. The second-order valence-corrected chi connectivity index (χ2v) is 15.2. The third kappa shape index (κ3) is 7.53. The van der Waals surface area contributed by atoms with Gasteiger partial charge in [0.15, 0.2) is 5.82 Å². The number of halogens is 4. The van der Waals surface area contributed by atoms with Gasteiger partial charge in [-0.05, 0) is 80.3 Å². The normalized spacial score (nSPS) is 14.5. The molecule has 5 aromatic rings. The number of para-hydroxylation sites is 1. The monoisotopic (exact) mass is 782 g/mol. The number of carbonyl (C=O) groups excluding carboxylic acids is 3. The molecule has 2 aliphatic rings. The zero-order valence-electron chi connectivity index (χ0n) is 30.7. The maximum Gasteiger partial charge on any atom is 0.433 e. The van der Waals surface area contributed by atoms with Crippen molar-refractivity contribution in [2.24, 2.45) is 5.41 Å². The van der Waals surface area contributed by atoms with E-state index in [4.69, 9.17) is 0 Å². The van der Waals surface area contributed by atoms with E-state index in [0.29, 0.717) is 38.8 Å². The predicted molar refractivity (Wildman–Crippen MR) is 210 cm³/mol. The topological polar surface area (TPSA) is 108 Å². The van der Waals surface area contributed by atoms with Crippen molar-refractivity contribution < 1.29 is 31.9 Å². The smallest absolute Gasteiger partial charge is 0.355 e. The van der Waals surface area contributed by atoms with Crippen LogP contribution >= 0.6 is 11.3 Å². The van der Waals surface area contributed by atoms with Crippen LogP contribution in [0.3, 0.4) is 0 Å². The van der Waals surface area contributed by atoms with E-state index in [0.717, 1.165) is 61.4 Å². The number of hydrogen-bond acceptors (Lipinski definition) is 7. The number of nitrogens with one attached hydrogen (secondary N) is 2. The maximum atomic E-state index is 15.9. The van der Waals surface area contributed by atoms with Crippen molar-refractivity contribution in [2.75, 3.05) is 40.1 Å². The van der Waals surface area contributed by atoms with Crippen LogP contribution in [0.2, 0.25) is 0 Å². The molecule has 5 heterocycles. The van der Waals surface area contributed by atoms with E-state index < -0.39 is 23.6 Å². The fourth-order valence-electron chi connectivity index (χ4n) is 7.49. The Labute approximate surface area is 325 Å². The standard InChI is InChI=1S/C42H38F4N6O3S/c1-4-18-41(19-5-2)23-51(24-41)37-30(21-25(3)22-47-37)38(53)48-27-15-13-26(14-16-27)40(55)52-20-17-29-34(43)36(56-35(29)28-9-6-7-10-31(28)52)39(54)50-33-12-8-11-32(49-33)42(44,45)46/h4,6-16,21-22H,1,5,17-20,23-24H2,2-3H3,(H,48,53)(H,49,50,54). The molecule has 0 atom stereocenters. The number of allylic oxidation sites excluding steroid dienone is 1. The largest absolute Gasteiger partial charge is 0.433 e. The van der Waals surface area contributed by atoms with E-state index in [1.165, 1.54) is 6.07 Å². The maximum absolute atomic E-state index is 15.9. The lowest BCUT2D eigenvalue weighted by Gasteiger charge is -2.51. The zero-order valence-corrected chi connectivity index (χ0v) is 31.5. The van der Waals surface area contributed by atoms with Gasteiger partial charge in [0.1, 0.15) is 22.2 Å². The molecule has 3 aromatic heterocycles. The number of hydrogen-bond donors (Lipinski definition) is 2. The zero-order chi connectivity index (χ0) is 39.8. The number of aromatic nitrogens is 2. The average Bonchev–Trinajstić information content (AvgIpc) is 3.39. The van der Waals surface area contributed by atoms with Gasteiger partial charge in [-0.25, -0.2) is 14.4 Å². The molecule has 0 aliphatic carbocycles. The first-order chi connectivity index (χ1) is 26.8. The summed E-state index contributed by atoms with van der Waals surface area (Å²) in [5.74, 6) is -2.15. The van der Waals surface area contributed by atoms with Gasteiger partial charge in [-0.1, -0.05) is 43.7 Å². The minimum absolute atomic E-state index is 0.0678. The van der Waals surface area contributed by atoms with Gasteiger partial charge in [0.25, 0.3) is 17.7 Å². The lowest BCUT2D eigenvalue weighted by Crippen LogP contribution is -2.57. The fraction of sp³-hybridized carbons (Fsp3) is 0.262. The number of benzene rings is 2. The van der Waals surface area contributed by atoms with Crippen LogP contribution in [-0.2, 0) is 12.6 Å². The second kappa shape index (κ2) is 15.3. The molecule has 1 saturated heterocycles. The summed E-state index contributed by atoms with van der Waals surface area (Å²) in [6.45, 7) is 9.64. The van der Waals surface area contributed by atoms with Crippen molar-refractivity contribution >= 4 is 52.1 Å². The highest BCUT2D eigenvalue weighted by atomic mass is 32.1. The number of amides is 3. The quantitative estimate of drug-likeness (QED) is 0.108. The van der Waals surface area contributed by atoms with E-state index in [2.05, 4.69) is 39.0 Å². The van der Waals surface area contributed by atoms with E-state index in [9.17, 15) is 27.6 Å². The summed E-state index contributed by atoms with van der Waals surface area (Å²) in [5, 5.41) is 5.23. The molecule has 7 rings (SSSR count). The molecular formula is C42H38F4N6O3S. The van der Waals surface area contributed by atoms with Gasteiger partial charge in [0, 0.05) is 58.5 Å². The minimum atomic E-state index is -4.72. The van der Waals surface area contributed by atoms with Crippen LogP contribution in [0.15, 0.2) is 91.6 Å². The Morgan fingerprint density at radius 2 is 1.75 bits per heavy atom. The van der Waals surface area contributed by atoms with Crippen molar-refractivity contribution in [3.8, 4) is 10.4 Å². The molecule has 0 unspecified atom stereocenters. The van der Waals surface area contributed by atoms with Gasteiger partial charge >= 0.3 is 6.18 Å². The summed E-state index contributed by atoms with van der Waals surface area (Å²) in [7, 11) is 0. The summed E-state index contributed by atoms with van der Waals surface area (Å²) in [5.41, 5.74) is 2.33. The molecule has 3 amide bonds. The molecule has 0 radical (unpaired) electrons.